The Kier molecular flexibility index (Phi) is 6.60. The summed E-state index contributed by atoms with van der Waals surface area (Å²) in [7, 11) is 0. The van der Waals surface area contributed by atoms with E-state index in [1.54, 1.807) is 13.1 Å². The lowest BCUT2D eigenvalue weighted by Gasteiger charge is -2.34. The molecule has 1 aliphatic rings. The molecular formula is C21H27N5O2. The summed E-state index contributed by atoms with van der Waals surface area (Å²) in [4.78, 5) is 31.5. The van der Waals surface area contributed by atoms with Gasteiger partial charge in [-0.15, -0.1) is 0 Å². The fraction of sp³-hybridized carbons (Fsp3) is 0.381. The molecule has 1 N–H and O–H groups in total. The number of carbonyl (C=O) groups is 2. The zero-order valence-electron chi connectivity index (χ0n) is 16.5. The zero-order valence-corrected chi connectivity index (χ0v) is 16.5. The molecule has 1 saturated heterocycles. The highest BCUT2D eigenvalue weighted by atomic mass is 16.2. The standard InChI is InChI=1S/C21H27N5O2/c1-17-6-7-20(15-22-17)23-26(16-27)21-5-3-4-19(14-21)8-9-24-10-12-25(13-11-24)18(2)28/h3-7,14-16,23H,8-13H2,1-2H3. The third-order valence-corrected chi connectivity index (χ3v) is 4.99. The summed E-state index contributed by atoms with van der Waals surface area (Å²) in [6.45, 7) is 7.88. The van der Waals surface area contributed by atoms with Crippen molar-refractivity contribution < 1.29 is 9.59 Å². The molecule has 7 nitrogen and oxygen atoms in total. The highest BCUT2D eigenvalue weighted by Gasteiger charge is 2.18. The Labute approximate surface area is 165 Å². The van der Waals surface area contributed by atoms with E-state index in [2.05, 4.69) is 21.4 Å². The summed E-state index contributed by atoms with van der Waals surface area (Å²) in [6.07, 6.45) is 3.36. The van der Waals surface area contributed by atoms with E-state index >= 15 is 0 Å². The van der Waals surface area contributed by atoms with Gasteiger partial charge in [-0.05, 0) is 43.2 Å². The van der Waals surface area contributed by atoms with Gasteiger partial charge in [-0.25, -0.2) is 5.01 Å². The predicted octanol–water partition coefficient (Wildman–Crippen LogP) is 2.09. The Bertz CT molecular complexity index is 801. The Hall–Kier alpha value is -2.93. The van der Waals surface area contributed by atoms with E-state index in [0.29, 0.717) is 0 Å². The van der Waals surface area contributed by atoms with Crippen molar-refractivity contribution in [3.8, 4) is 0 Å². The highest BCUT2D eigenvalue weighted by molar-refractivity contribution is 5.78. The smallest absolute Gasteiger partial charge is 0.232 e. The van der Waals surface area contributed by atoms with Gasteiger partial charge in [0.15, 0.2) is 0 Å². The average Bonchev–Trinajstić information content (AvgIpc) is 2.72. The SMILES string of the molecule is CC(=O)N1CCN(CCc2cccc(N(C=O)Nc3ccc(C)nc3)c2)CC1. The van der Waals surface area contributed by atoms with E-state index < -0.39 is 0 Å². The molecule has 1 aromatic carbocycles. The van der Waals surface area contributed by atoms with Crippen molar-refractivity contribution in [3.63, 3.8) is 0 Å². The van der Waals surface area contributed by atoms with Crippen LogP contribution in [0.25, 0.3) is 0 Å². The largest absolute Gasteiger partial charge is 0.340 e. The summed E-state index contributed by atoms with van der Waals surface area (Å²) < 4.78 is 0. The van der Waals surface area contributed by atoms with Gasteiger partial charge < -0.3 is 4.90 Å². The molecule has 0 atom stereocenters. The molecule has 2 aromatic rings. The molecular weight excluding hydrogens is 354 g/mol. The number of benzene rings is 1. The molecule has 0 aliphatic carbocycles. The van der Waals surface area contributed by atoms with Crippen LogP contribution in [-0.2, 0) is 16.0 Å². The number of aromatic nitrogens is 1. The van der Waals surface area contributed by atoms with Gasteiger partial charge in [-0.2, -0.15) is 0 Å². The van der Waals surface area contributed by atoms with Gasteiger partial charge in [0, 0.05) is 45.3 Å². The number of amides is 2. The number of hydrazine groups is 1. The zero-order chi connectivity index (χ0) is 19.9. The molecule has 28 heavy (non-hydrogen) atoms. The summed E-state index contributed by atoms with van der Waals surface area (Å²) >= 11 is 0. The Morgan fingerprint density at radius 1 is 1.21 bits per heavy atom. The maximum absolute atomic E-state index is 11.6. The van der Waals surface area contributed by atoms with Gasteiger partial charge in [0.25, 0.3) is 0 Å². The van der Waals surface area contributed by atoms with Crippen LogP contribution in [0, 0.1) is 6.92 Å². The monoisotopic (exact) mass is 381 g/mol. The van der Waals surface area contributed by atoms with Crippen LogP contribution in [0.2, 0.25) is 0 Å². The number of aryl methyl sites for hydroxylation is 1. The van der Waals surface area contributed by atoms with Crippen LogP contribution in [0.5, 0.6) is 0 Å². The number of hydrogen-bond acceptors (Lipinski definition) is 5. The van der Waals surface area contributed by atoms with Crippen LogP contribution in [-0.4, -0.2) is 59.8 Å². The predicted molar refractivity (Wildman–Crippen MR) is 110 cm³/mol. The van der Waals surface area contributed by atoms with Crippen molar-refractivity contribution in [2.75, 3.05) is 43.2 Å². The van der Waals surface area contributed by atoms with Crippen molar-refractivity contribution >= 4 is 23.7 Å². The summed E-state index contributed by atoms with van der Waals surface area (Å²) in [5.41, 5.74) is 6.71. The fourth-order valence-electron chi connectivity index (χ4n) is 3.26. The fourth-order valence-corrected chi connectivity index (χ4v) is 3.26. The van der Waals surface area contributed by atoms with E-state index in [1.807, 2.05) is 42.2 Å². The molecule has 2 heterocycles. The summed E-state index contributed by atoms with van der Waals surface area (Å²) in [5, 5.41) is 1.46. The van der Waals surface area contributed by atoms with Gasteiger partial charge in [0.2, 0.25) is 12.3 Å². The molecule has 0 bridgehead atoms. The summed E-state index contributed by atoms with van der Waals surface area (Å²) in [6, 6.07) is 11.7. The quantitative estimate of drug-likeness (QED) is 0.588. The second kappa shape index (κ2) is 9.32. The molecule has 0 spiro atoms. The number of hydrogen-bond donors (Lipinski definition) is 1. The topological polar surface area (TPSA) is 68.8 Å². The minimum Gasteiger partial charge on any atom is -0.340 e. The Morgan fingerprint density at radius 3 is 2.64 bits per heavy atom. The van der Waals surface area contributed by atoms with Crippen LogP contribution in [0.4, 0.5) is 11.4 Å². The molecule has 1 aromatic heterocycles. The number of anilines is 2. The minimum absolute atomic E-state index is 0.151. The minimum atomic E-state index is 0.151. The second-order valence-corrected chi connectivity index (χ2v) is 7.04. The number of rotatable bonds is 7. The summed E-state index contributed by atoms with van der Waals surface area (Å²) in [5.74, 6) is 0.151. The van der Waals surface area contributed by atoms with Crippen LogP contribution < -0.4 is 10.4 Å². The Balaban J connectivity index is 1.57. The van der Waals surface area contributed by atoms with E-state index in [-0.39, 0.29) is 5.91 Å². The van der Waals surface area contributed by atoms with Gasteiger partial charge in [0.1, 0.15) is 0 Å². The molecule has 0 radical (unpaired) electrons. The lowest BCUT2D eigenvalue weighted by Crippen LogP contribution is -2.48. The van der Waals surface area contributed by atoms with Gasteiger partial charge in [-0.1, -0.05) is 12.1 Å². The first-order valence-electron chi connectivity index (χ1n) is 9.56. The molecule has 0 saturated carbocycles. The lowest BCUT2D eigenvalue weighted by molar-refractivity contribution is -0.130. The molecule has 1 fully saturated rings. The van der Waals surface area contributed by atoms with Gasteiger partial charge in [0.05, 0.1) is 17.6 Å². The molecule has 148 valence electrons. The normalized spacial score (nSPS) is 14.6. The number of carbonyl (C=O) groups excluding carboxylic acids is 2. The lowest BCUT2D eigenvalue weighted by atomic mass is 10.1. The first-order chi connectivity index (χ1) is 13.5. The van der Waals surface area contributed by atoms with Crippen molar-refractivity contribution in [3.05, 3.63) is 53.9 Å². The van der Waals surface area contributed by atoms with Gasteiger partial charge in [-0.3, -0.25) is 24.9 Å². The number of pyridine rings is 1. The van der Waals surface area contributed by atoms with E-state index in [0.717, 1.165) is 62.6 Å². The van der Waals surface area contributed by atoms with Crippen LogP contribution in [0.3, 0.4) is 0 Å². The van der Waals surface area contributed by atoms with E-state index in [4.69, 9.17) is 0 Å². The van der Waals surface area contributed by atoms with Crippen LogP contribution >= 0.6 is 0 Å². The number of nitrogens with zero attached hydrogens (tertiary/aromatic N) is 4. The maximum Gasteiger partial charge on any atom is 0.232 e. The van der Waals surface area contributed by atoms with Crippen molar-refractivity contribution in [2.24, 2.45) is 0 Å². The maximum atomic E-state index is 11.6. The van der Waals surface area contributed by atoms with E-state index in [1.165, 1.54) is 10.6 Å². The molecule has 0 unspecified atom stereocenters. The van der Waals surface area contributed by atoms with Gasteiger partial charge >= 0.3 is 0 Å². The van der Waals surface area contributed by atoms with Crippen molar-refractivity contribution in [1.82, 2.24) is 14.8 Å². The molecule has 1 aliphatic heterocycles. The number of piperazine rings is 1. The third kappa shape index (κ3) is 5.29. The van der Waals surface area contributed by atoms with Crippen LogP contribution in [0.1, 0.15) is 18.2 Å². The second-order valence-electron chi connectivity index (χ2n) is 7.04. The first kappa shape index (κ1) is 19.8. The third-order valence-electron chi connectivity index (χ3n) is 4.99. The van der Waals surface area contributed by atoms with E-state index in [9.17, 15) is 9.59 Å². The highest BCUT2D eigenvalue weighted by Crippen LogP contribution is 2.18. The molecule has 2 amide bonds. The average molecular weight is 381 g/mol. The van der Waals surface area contributed by atoms with Crippen molar-refractivity contribution in [1.29, 1.82) is 0 Å². The van der Waals surface area contributed by atoms with Crippen LogP contribution in [0.15, 0.2) is 42.6 Å². The first-order valence-corrected chi connectivity index (χ1v) is 9.56. The molecule has 7 heteroatoms. The Morgan fingerprint density at radius 2 is 2.00 bits per heavy atom. The molecule has 3 rings (SSSR count). The van der Waals surface area contributed by atoms with Crippen molar-refractivity contribution in [2.45, 2.75) is 20.3 Å². The number of nitrogens with one attached hydrogen (secondary N) is 1.